The average molecular weight is 410 g/mol. The Morgan fingerprint density at radius 1 is 1.14 bits per heavy atom. The van der Waals surface area contributed by atoms with Gasteiger partial charge < -0.3 is 10.1 Å². The second-order valence-electron chi connectivity index (χ2n) is 6.89. The summed E-state index contributed by atoms with van der Waals surface area (Å²) in [5.74, 6) is -0.145. The van der Waals surface area contributed by atoms with Gasteiger partial charge in [0.1, 0.15) is 5.75 Å². The number of hydrogen-bond acceptors (Lipinski definition) is 5. The summed E-state index contributed by atoms with van der Waals surface area (Å²) in [6.07, 6.45) is 1.63. The Morgan fingerprint density at radius 2 is 1.83 bits per heavy atom. The van der Waals surface area contributed by atoms with E-state index in [2.05, 4.69) is 5.32 Å². The maximum Gasteiger partial charge on any atom is 0.293 e. The van der Waals surface area contributed by atoms with Gasteiger partial charge >= 0.3 is 0 Å². The van der Waals surface area contributed by atoms with Gasteiger partial charge in [0.25, 0.3) is 17.1 Å². The first kappa shape index (κ1) is 20.7. The minimum absolute atomic E-state index is 0.174. The van der Waals surface area contributed by atoms with E-state index in [1.165, 1.54) is 4.90 Å². The molecule has 7 heteroatoms. The van der Waals surface area contributed by atoms with Crippen molar-refractivity contribution in [2.24, 2.45) is 0 Å². The van der Waals surface area contributed by atoms with Crippen LogP contribution in [-0.2, 0) is 9.59 Å². The fourth-order valence-electron chi connectivity index (χ4n) is 2.77. The van der Waals surface area contributed by atoms with Crippen molar-refractivity contribution in [2.45, 2.75) is 26.8 Å². The lowest BCUT2D eigenvalue weighted by Gasteiger charge is -2.16. The van der Waals surface area contributed by atoms with E-state index in [0.717, 1.165) is 17.3 Å². The van der Waals surface area contributed by atoms with Gasteiger partial charge in [-0.2, -0.15) is 0 Å². The van der Waals surface area contributed by atoms with Crippen molar-refractivity contribution in [2.75, 3.05) is 11.9 Å². The molecule has 0 radical (unpaired) electrons. The largest absolute Gasteiger partial charge is 0.483 e. The van der Waals surface area contributed by atoms with E-state index in [1.807, 2.05) is 31.2 Å². The molecule has 0 unspecified atom stereocenters. The minimum Gasteiger partial charge on any atom is -0.483 e. The number of para-hydroxylation sites is 1. The Bertz CT molecular complexity index is 967. The summed E-state index contributed by atoms with van der Waals surface area (Å²) < 4.78 is 5.67. The third-order valence-corrected chi connectivity index (χ3v) is 5.12. The molecule has 1 aliphatic rings. The van der Waals surface area contributed by atoms with Crippen molar-refractivity contribution in [1.82, 2.24) is 4.90 Å². The molecule has 150 valence electrons. The molecular formula is C22H22N2O4S. The molecule has 1 saturated heterocycles. The summed E-state index contributed by atoms with van der Waals surface area (Å²) in [5.41, 5.74) is 2.43. The van der Waals surface area contributed by atoms with Crippen LogP contribution in [0.1, 0.15) is 25.0 Å². The maximum atomic E-state index is 12.5. The molecule has 0 spiro atoms. The molecule has 3 amide bonds. The Labute approximate surface area is 173 Å². The van der Waals surface area contributed by atoms with Crippen LogP contribution >= 0.6 is 11.8 Å². The summed E-state index contributed by atoms with van der Waals surface area (Å²) in [5, 5.41) is 2.49. The van der Waals surface area contributed by atoms with Crippen molar-refractivity contribution in [3.63, 3.8) is 0 Å². The zero-order valence-electron chi connectivity index (χ0n) is 16.5. The van der Waals surface area contributed by atoms with Gasteiger partial charge in [-0.15, -0.1) is 0 Å². The van der Waals surface area contributed by atoms with Gasteiger partial charge in [0.15, 0.2) is 6.61 Å². The molecule has 1 aliphatic heterocycles. The van der Waals surface area contributed by atoms with Crippen molar-refractivity contribution in [1.29, 1.82) is 0 Å². The molecule has 2 aromatic rings. The van der Waals surface area contributed by atoms with Gasteiger partial charge in [0.05, 0.1) is 4.91 Å². The number of nitrogens with zero attached hydrogens (tertiary/aromatic N) is 1. The third kappa shape index (κ3) is 5.06. The fraction of sp³-hybridized carbons (Fsp3) is 0.227. The molecule has 2 aromatic carbocycles. The second-order valence-corrected chi connectivity index (χ2v) is 7.88. The van der Waals surface area contributed by atoms with Crippen LogP contribution in [0.3, 0.4) is 0 Å². The van der Waals surface area contributed by atoms with Crippen LogP contribution in [0.15, 0.2) is 53.4 Å². The summed E-state index contributed by atoms with van der Waals surface area (Å²) in [4.78, 5) is 38.3. The van der Waals surface area contributed by atoms with Crippen molar-refractivity contribution < 1.29 is 19.1 Å². The Balaban J connectivity index is 1.69. The average Bonchev–Trinajstić information content (AvgIpc) is 2.96. The smallest absolute Gasteiger partial charge is 0.293 e. The minimum atomic E-state index is -0.318. The van der Waals surface area contributed by atoms with Crippen LogP contribution in [0.2, 0.25) is 0 Å². The number of imide groups is 1. The van der Waals surface area contributed by atoms with Gasteiger partial charge in [-0.05, 0) is 56.8 Å². The lowest BCUT2D eigenvalue weighted by atomic mass is 10.2. The first-order valence-corrected chi connectivity index (χ1v) is 10.0. The second kappa shape index (κ2) is 8.96. The number of carbonyl (C=O) groups excluding carboxylic acids is 3. The SMILES string of the molecule is Cc1ccc(NC(=O)COc2ccccc2/C=C2\SC(=O)N(C(C)C)C2=O)cc1. The van der Waals surface area contributed by atoms with E-state index in [9.17, 15) is 14.4 Å². The molecule has 1 N–H and O–H groups in total. The fourth-order valence-corrected chi connectivity index (χ4v) is 3.73. The zero-order valence-corrected chi connectivity index (χ0v) is 17.3. The number of rotatable bonds is 6. The molecule has 0 saturated carbocycles. The monoisotopic (exact) mass is 410 g/mol. The van der Waals surface area contributed by atoms with Crippen molar-refractivity contribution in [3.05, 3.63) is 64.6 Å². The van der Waals surface area contributed by atoms with Gasteiger partial charge in [0.2, 0.25) is 0 Å². The number of ether oxygens (including phenoxy) is 1. The van der Waals surface area contributed by atoms with E-state index in [1.54, 1.807) is 44.2 Å². The van der Waals surface area contributed by atoms with Crippen LogP contribution in [0.5, 0.6) is 5.75 Å². The number of aryl methyl sites for hydroxylation is 1. The molecule has 0 aliphatic carbocycles. The number of benzene rings is 2. The Kier molecular flexibility index (Phi) is 6.39. The van der Waals surface area contributed by atoms with E-state index >= 15 is 0 Å². The number of carbonyl (C=O) groups is 3. The first-order valence-electron chi connectivity index (χ1n) is 9.20. The van der Waals surface area contributed by atoms with Crippen LogP contribution in [0, 0.1) is 6.92 Å². The lowest BCUT2D eigenvalue weighted by Crippen LogP contribution is -2.34. The van der Waals surface area contributed by atoms with Gasteiger partial charge in [0, 0.05) is 17.3 Å². The first-order chi connectivity index (χ1) is 13.8. The predicted octanol–water partition coefficient (Wildman–Crippen LogP) is 4.46. The summed E-state index contributed by atoms with van der Waals surface area (Å²) in [7, 11) is 0. The topological polar surface area (TPSA) is 75.7 Å². The highest BCUT2D eigenvalue weighted by Gasteiger charge is 2.36. The van der Waals surface area contributed by atoms with Gasteiger partial charge in [-0.1, -0.05) is 35.9 Å². The lowest BCUT2D eigenvalue weighted by molar-refractivity contribution is -0.123. The molecule has 0 atom stereocenters. The molecule has 29 heavy (non-hydrogen) atoms. The van der Waals surface area contributed by atoms with Gasteiger partial charge in [-0.25, -0.2) is 0 Å². The van der Waals surface area contributed by atoms with Crippen molar-refractivity contribution in [3.8, 4) is 5.75 Å². The zero-order chi connectivity index (χ0) is 21.0. The molecular weight excluding hydrogens is 388 g/mol. The van der Waals surface area contributed by atoms with Gasteiger partial charge in [-0.3, -0.25) is 19.3 Å². The maximum absolute atomic E-state index is 12.5. The summed E-state index contributed by atoms with van der Waals surface area (Å²) >= 11 is 0.905. The number of nitrogens with one attached hydrogen (secondary N) is 1. The standard InChI is InChI=1S/C22H22N2O4S/c1-14(2)24-21(26)19(29-22(24)27)12-16-6-4-5-7-18(16)28-13-20(25)23-17-10-8-15(3)9-11-17/h4-12,14H,13H2,1-3H3,(H,23,25)/b19-12-. The highest BCUT2D eigenvalue weighted by atomic mass is 32.2. The van der Waals surface area contributed by atoms with E-state index < -0.39 is 0 Å². The predicted molar refractivity (Wildman–Crippen MR) is 115 cm³/mol. The quantitative estimate of drug-likeness (QED) is 0.712. The molecule has 3 rings (SSSR count). The summed E-state index contributed by atoms with van der Waals surface area (Å²) in [6, 6.07) is 14.4. The van der Waals surface area contributed by atoms with E-state index in [4.69, 9.17) is 4.74 Å². The Hall–Kier alpha value is -3.06. The van der Waals surface area contributed by atoms with E-state index in [-0.39, 0.29) is 29.7 Å². The molecule has 1 fully saturated rings. The van der Waals surface area contributed by atoms with Crippen LogP contribution in [-0.4, -0.2) is 34.6 Å². The third-order valence-electron chi connectivity index (χ3n) is 4.24. The molecule has 6 nitrogen and oxygen atoms in total. The highest BCUT2D eigenvalue weighted by molar-refractivity contribution is 8.18. The number of hydrogen-bond donors (Lipinski definition) is 1. The van der Waals surface area contributed by atoms with Crippen molar-refractivity contribution >= 4 is 40.6 Å². The molecule has 0 bridgehead atoms. The normalized spacial score (nSPS) is 15.3. The van der Waals surface area contributed by atoms with E-state index in [0.29, 0.717) is 21.9 Å². The highest BCUT2D eigenvalue weighted by Crippen LogP contribution is 2.35. The molecule has 1 heterocycles. The van der Waals surface area contributed by atoms with Crippen LogP contribution in [0.25, 0.3) is 6.08 Å². The van der Waals surface area contributed by atoms with Crippen LogP contribution < -0.4 is 10.1 Å². The summed E-state index contributed by atoms with van der Waals surface area (Å²) in [6.45, 7) is 5.39. The number of thioether (sulfide) groups is 1. The molecule has 0 aromatic heterocycles. The van der Waals surface area contributed by atoms with Crippen LogP contribution in [0.4, 0.5) is 10.5 Å². The number of amides is 3. The number of anilines is 1. The Morgan fingerprint density at radius 3 is 2.48 bits per heavy atom.